The summed E-state index contributed by atoms with van der Waals surface area (Å²) in [6, 6.07) is 5.23. The molecule has 1 N–H and O–H groups in total. The fourth-order valence-electron chi connectivity index (χ4n) is 2.63. The molecule has 0 fully saturated rings. The predicted molar refractivity (Wildman–Crippen MR) is 119 cm³/mol. The molecule has 1 amide bonds. The number of carbonyl (C=O) groups is 2. The standard InChI is InChI=1S/C21H21BrN2O5S/c1-6-29-21(26)18-11(2)12(3)30-20(18)24-19(25)14(10-23)7-13-8-15(22)17(28-5)9-16(13)27-4/h7-9H,6H2,1-5H3,(H,24,25)/b14-7+. The number of amides is 1. The summed E-state index contributed by atoms with van der Waals surface area (Å²) in [4.78, 5) is 26.0. The molecule has 2 rings (SSSR count). The van der Waals surface area contributed by atoms with Gasteiger partial charge >= 0.3 is 5.97 Å². The minimum Gasteiger partial charge on any atom is -0.496 e. The first-order chi connectivity index (χ1) is 14.3. The van der Waals surface area contributed by atoms with Crippen LogP contribution < -0.4 is 14.8 Å². The highest BCUT2D eigenvalue weighted by molar-refractivity contribution is 9.10. The number of anilines is 1. The molecule has 0 aliphatic heterocycles. The van der Waals surface area contributed by atoms with E-state index in [2.05, 4.69) is 21.2 Å². The summed E-state index contributed by atoms with van der Waals surface area (Å²) in [5.74, 6) is -0.169. The van der Waals surface area contributed by atoms with Crippen molar-refractivity contribution in [3.8, 4) is 17.6 Å². The first-order valence-corrected chi connectivity index (χ1v) is 10.5. The van der Waals surface area contributed by atoms with Gasteiger partial charge in [0.05, 0.1) is 30.9 Å². The van der Waals surface area contributed by atoms with Crippen molar-refractivity contribution in [2.45, 2.75) is 20.8 Å². The second kappa shape index (κ2) is 10.3. The maximum absolute atomic E-state index is 12.8. The fraction of sp³-hybridized carbons (Fsp3) is 0.286. The van der Waals surface area contributed by atoms with Gasteiger partial charge in [-0.2, -0.15) is 5.26 Å². The van der Waals surface area contributed by atoms with Crippen molar-refractivity contribution in [1.82, 2.24) is 0 Å². The SMILES string of the molecule is CCOC(=O)c1c(NC(=O)/C(C#N)=C/c2cc(Br)c(OC)cc2OC)sc(C)c1C. The minimum absolute atomic E-state index is 0.149. The third-order valence-corrected chi connectivity index (χ3v) is 6.00. The average molecular weight is 493 g/mol. The van der Waals surface area contributed by atoms with E-state index in [1.54, 1.807) is 26.0 Å². The molecule has 30 heavy (non-hydrogen) atoms. The van der Waals surface area contributed by atoms with Crippen molar-refractivity contribution < 1.29 is 23.8 Å². The summed E-state index contributed by atoms with van der Waals surface area (Å²) in [6.07, 6.45) is 1.41. The number of nitriles is 1. The Labute approximate surface area is 187 Å². The zero-order valence-corrected chi connectivity index (χ0v) is 19.6. The van der Waals surface area contributed by atoms with Gasteiger partial charge in [0.15, 0.2) is 0 Å². The topological polar surface area (TPSA) is 97.7 Å². The summed E-state index contributed by atoms with van der Waals surface area (Å²) in [5, 5.41) is 12.6. The highest BCUT2D eigenvalue weighted by Crippen LogP contribution is 2.35. The molecule has 158 valence electrons. The van der Waals surface area contributed by atoms with Crippen molar-refractivity contribution in [1.29, 1.82) is 5.26 Å². The van der Waals surface area contributed by atoms with Crippen LogP contribution in [0.15, 0.2) is 22.2 Å². The van der Waals surface area contributed by atoms with Crippen molar-refractivity contribution >= 4 is 50.2 Å². The molecule has 0 aliphatic carbocycles. The van der Waals surface area contributed by atoms with Gasteiger partial charge in [0.1, 0.15) is 28.1 Å². The lowest BCUT2D eigenvalue weighted by molar-refractivity contribution is -0.112. The number of halogens is 1. The van der Waals surface area contributed by atoms with Gasteiger partial charge in [-0.1, -0.05) is 0 Å². The van der Waals surface area contributed by atoms with E-state index in [0.717, 1.165) is 10.4 Å². The van der Waals surface area contributed by atoms with Gasteiger partial charge in [0, 0.05) is 16.5 Å². The molecule has 0 saturated carbocycles. The highest BCUT2D eigenvalue weighted by Gasteiger charge is 2.23. The molecule has 0 unspecified atom stereocenters. The molecule has 1 heterocycles. The van der Waals surface area contributed by atoms with E-state index in [0.29, 0.717) is 32.1 Å². The van der Waals surface area contributed by atoms with Gasteiger partial charge in [-0.05, 0) is 54.4 Å². The molecule has 0 aliphatic rings. The van der Waals surface area contributed by atoms with Gasteiger partial charge in [-0.3, -0.25) is 4.79 Å². The Morgan fingerprint density at radius 3 is 2.47 bits per heavy atom. The van der Waals surface area contributed by atoms with Crippen LogP contribution in [0.1, 0.15) is 33.3 Å². The second-order valence-corrected chi connectivity index (χ2v) is 8.14. The molecule has 0 bridgehead atoms. The normalized spacial score (nSPS) is 10.9. The van der Waals surface area contributed by atoms with E-state index >= 15 is 0 Å². The summed E-state index contributed by atoms with van der Waals surface area (Å²) in [7, 11) is 3.00. The number of nitrogens with zero attached hydrogens (tertiary/aromatic N) is 1. The predicted octanol–water partition coefficient (Wildman–Crippen LogP) is 4.87. The van der Waals surface area contributed by atoms with E-state index in [4.69, 9.17) is 14.2 Å². The van der Waals surface area contributed by atoms with E-state index in [1.807, 2.05) is 13.0 Å². The Hall–Kier alpha value is -2.83. The highest BCUT2D eigenvalue weighted by atomic mass is 79.9. The first kappa shape index (κ1) is 23.4. The van der Waals surface area contributed by atoms with Crippen LogP contribution in [-0.4, -0.2) is 32.7 Å². The minimum atomic E-state index is -0.640. The molecule has 1 aromatic heterocycles. The number of methoxy groups -OCH3 is 2. The van der Waals surface area contributed by atoms with Crippen LogP contribution in [0.25, 0.3) is 6.08 Å². The number of aryl methyl sites for hydroxylation is 1. The lowest BCUT2D eigenvalue weighted by Crippen LogP contribution is -2.16. The number of esters is 1. The number of rotatable bonds is 7. The van der Waals surface area contributed by atoms with Crippen LogP contribution in [0.2, 0.25) is 0 Å². The van der Waals surface area contributed by atoms with Crippen LogP contribution in [0, 0.1) is 25.2 Å². The Morgan fingerprint density at radius 2 is 1.90 bits per heavy atom. The van der Waals surface area contributed by atoms with Crippen LogP contribution in [-0.2, 0) is 9.53 Å². The quantitative estimate of drug-likeness (QED) is 0.336. The van der Waals surface area contributed by atoms with E-state index in [1.165, 1.54) is 31.6 Å². The molecular weight excluding hydrogens is 472 g/mol. The summed E-state index contributed by atoms with van der Waals surface area (Å²) < 4.78 is 16.3. The summed E-state index contributed by atoms with van der Waals surface area (Å²) >= 11 is 4.64. The van der Waals surface area contributed by atoms with Crippen LogP contribution in [0.5, 0.6) is 11.5 Å². The van der Waals surface area contributed by atoms with E-state index in [9.17, 15) is 14.9 Å². The Bertz CT molecular complexity index is 1050. The molecule has 7 nitrogen and oxygen atoms in total. The maximum Gasteiger partial charge on any atom is 0.341 e. The summed E-state index contributed by atoms with van der Waals surface area (Å²) in [5.41, 5.74) is 1.40. The van der Waals surface area contributed by atoms with Gasteiger partial charge in [0.25, 0.3) is 5.91 Å². The monoisotopic (exact) mass is 492 g/mol. The lowest BCUT2D eigenvalue weighted by Gasteiger charge is -2.10. The van der Waals surface area contributed by atoms with E-state index in [-0.39, 0.29) is 12.2 Å². The van der Waals surface area contributed by atoms with E-state index < -0.39 is 11.9 Å². The third kappa shape index (κ3) is 5.01. The number of benzene rings is 1. The fourth-order valence-corrected chi connectivity index (χ4v) is 4.20. The van der Waals surface area contributed by atoms with Gasteiger partial charge in [-0.15, -0.1) is 11.3 Å². The maximum atomic E-state index is 12.8. The summed E-state index contributed by atoms with van der Waals surface area (Å²) in [6.45, 7) is 5.56. The number of carbonyl (C=O) groups excluding carboxylic acids is 2. The molecule has 2 aromatic rings. The Balaban J connectivity index is 2.42. The zero-order valence-electron chi connectivity index (χ0n) is 17.2. The largest absolute Gasteiger partial charge is 0.496 e. The number of thiophene rings is 1. The smallest absolute Gasteiger partial charge is 0.341 e. The van der Waals surface area contributed by atoms with Crippen molar-refractivity contribution in [2.24, 2.45) is 0 Å². The molecule has 0 atom stereocenters. The molecule has 0 radical (unpaired) electrons. The first-order valence-electron chi connectivity index (χ1n) is 8.89. The van der Waals surface area contributed by atoms with Crippen LogP contribution >= 0.6 is 27.3 Å². The molecule has 0 spiro atoms. The van der Waals surface area contributed by atoms with Gasteiger partial charge in [0.2, 0.25) is 0 Å². The Kier molecular flexibility index (Phi) is 8.03. The zero-order chi connectivity index (χ0) is 22.4. The molecule has 0 saturated heterocycles. The third-order valence-electron chi connectivity index (χ3n) is 4.26. The Morgan fingerprint density at radius 1 is 1.23 bits per heavy atom. The molecular formula is C21H21BrN2O5S. The van der Waals surface area contributed by atoms with Crippen LogP contribution in [0.3, 0.4) is 0 Å². The number of ether oxygens (including phenoxy) is 3. The van der Waals surface area contributed by atoms with Crippen molar-refractivity contribution in [2.75, 3.05) is 26.1 Å². The van der Waals surface area contributed by atoms with Crippen LogP contribution in [0.4, 0.5) is 5.00 Å². The van der Waals surface area contributed by atoms with Gasteiger partial charge in [-0.25, -0.2) is 4.79 Å². The number of hydrogen-bond donors (Lipinski definition) is 1. The molecule has 1 aromatic carbocycles. The second-order valence-electron chi connectivity index (χ2n) is 6.06. The molecule has 9 heteroatoms. The van der Waals surface area contributed by atoms with Gasteiger partial charge < -0.3 is 19.5 Å². The number of nitrogens with one attached hydrogen (secondary N) is 1. The lowest BCUT2D eigenvalue weighted by atomic mass is 10.1. The number of hydrogen-bond acceptors (Lipinski definition) is 7. The van der Waals surface area contributed by atoms with Crippen molar-refractivity contribution in [3.63, 3.8) is 0 Å². The average Bonchev–Trinajstić information content (AvgIpc) is 2.99. The van der Waals surface area contributed by atoms with Crippen molar-refractivity contribution in [3.05, 3.63) is 43.7 Å².